The highest BCUT2D eigenvalue weighted by molar-refractivity contribution is 6.09. The van der Waals surface area contributed by atoms with Crippen LogP contribution in [0.25, 0.3) is 0 Å². The SMILES string of the molecule is CCCCc1ccc(C2=Nc3c(N)ncnc3OC2(C)C)cc1. The van der Waals surface area contributed by atoms with Gasteiger partial charge in [0.25, 0.3) is 0 Å². The zero-order chi connectivity index (χ0) is 16.4. The molecule has 3 rings (SSSR count). The molecule has 2 N–H and O–H groups in total. The number of nitrogens with two attached hydrogens (primary N) is 1. The van der Waals surface area contributed by atoms with Gasteiger partial charge in [-0.05, 0) is 32.3 Å². The Morgan fingerprint density at radius 3 is 2.57 bits per heavy atom. The maximum Gasteiger partial charge on any atom is 0.246 e. The molecular formula is C18H22N4O. The van der Waals surface area contributed by atoms with E-state index in [-0.39, 0.29) is 0 Å². The number of aryl methyl sites for hydroxylation is 1. The molecule has 1 aromatic heterocycles. The topological polar surface area (TPSA) is 73.4 Å². The summed E-state index contributed by atoms with van der Waals surface area (Å²) in [6, 6.07) is 8.51. The molecule has 23 heavy (non-hydrogen) atoms. The Hall–Kier alpha value is -2.43. The number of hydrogen-bond acceptors (Lipinski definition) is 5. The minimum atomic E-state index is -0.571. The van der Waals surface area contributed by atoms with Crippen LogP contribution in [0.15, 0.2) is 35.6 Å². The lowest BCUT2D eigenvalue weighted by molar-refractivity contribution is 0.171. The molecule has 0 aliphatic carbocycles. The van der Waals surface area contributed by atoms with Crippen molar-refractivity contribution in [1.82, 2.24) is 9.97 Å². The summed E-state index contributed by atoms with van der Waals surface area (Å²) in [6.45, 7) is 6.17. The molecule has 5 heteroatoms. The minimum absolute atomic E-state index is 0.336. The Morgan fingerprint density at radius 2 is 1.87 bits per heavy atom. The van der Waals surface area contributed by atoms with Gasteiger partial charge in [-0.15, -0.1) is 0 Å². The van der Waals surface area contributed by atoms with Crippen molar-refractivity contribution in [3.63, 3.8) is 0 Å². The summed E-state index contributed by atoms with van der Waals surface area (Å²) in [4.78, 5) is 12.8. The quantitative estimate of drug-likeness (QED) is 0.934. The van der Waals surface area contributed by atoms with Crippen LogP contribution in [0.4, 0.5) is 11.5 Å². The Balaban J connectivity index is 1.98. The molecule has 2 heterocycles. The first-order valence-electron chi connectivity index (χ1n) is 7.99. The number of benzene rings is 1. The summed E-state index contributed by atoms with van der Waals surface area (Å²) in [7, 11) is 0. The van der Waals surface area contributed by atoms with Gasteiger partial charge in [-0.25, -0.2) is 9.98 Å². The van der Waals surface area contributed by atoms with Crippen molar-refractivity contribution in [2.45, 2.75) is 45.6 Å². The second-order valence-electron chi connectivity index (χ2n) is 6.29. The molecular weight excluding hydrogens is 288 g/mol. The van der Waals surface area contributed by atoms with Crippen LogP contribution in [0.1, 0.15) is 44.7 Å². The number of aliphatic imine (C=N–C) groups is 1. The van der Waals surface area contributed by atoms with Crippen LogP contribution < -0.4 is 10.5 Å². The van der Waals surface area contributed by atoms with Gasteiger partial charge in [-0.3, -0.25) is 0 Å². The fraction of sp³-hybridized carbons (Fsp3) is 0.389. The van der Waals surface area contributed by atoms with E-state index in [1.165, 1.54) is 24.7 Å². The lowest BCUT2D eigenvalue weighted by Crippen LogP contribution is -2.41. The van der Waals surface area contributed by atoms with Gasteiger partial charge < -0.3 is 10.5 Å². The summed E-state index contributed by atoms with van der Waals surface area (Å²) in [5, 5.41) is 0. The van der Waals surface area contributed by atoms with E-state index in [1.807, 2.05) is 13.8 Å². The van der Waals surface area contributed by atoms with E-state index in [0.29, 0.717) is 17.4 Å². The zero-order valence-corrected chi connectivity index (χ0v) is 13.8. The molecule has 0 spiro atoms. The number of ether oxygens (including phenoxy) is 1. The molecule has 1 aromatic carbocycles. The van der Waals surface area contributed by atoms with Crippen LogP contribution in [0.2, 0.25) is 0 Å². The normalized spacial score (nSPS) is 15.5. The van der Waals surface area contributed by atoms with Crippen molar-refractivity contribution in [2.24, 2.45) is 4.99 Å². The molecule has 0 amide bonds. The number of nitrogens with zero attached hydrogens (tertiary/aromatic N) is 3. The summed E-state index contributed by atoms with van der Waals surface area (Å²) in [5.74, 6) is 0.772. The van der Waals surface area contributed by atoms with Crippen LogP contribution in [-0.4, -0.2) is 21.3 Å². The minimum Gasteiger partial charge on any atom is -0.463 e. The first-order chi connectivity index (χ1) is 11.0. The first kappa shape index (κ1) is 15.5. The second-order valence-corrected chi connectivity index (χ2v) is 6.29. The fourth-order valence-electron chi connectivity index (χ4n) is 2.71. The van der Waals surface area contributed by atoms with Crippen LogP contribution in [-0.2, 0) is 6.42 Å². The Bertz CT molecular complexity index is 735. The standard InChI is InChI=1S/C18H22N4O/c1-4-5-6-12-7-9-13(10-8-12)15-18(2,3)23-17-14(22-15)16(19)20-11-21-17/h7-11H,4-6H2,1-3H3,(H2,19,20,21). The summed E-state index contributed by atoms with van der Waals surface area (Å²) >= 11 is 0. The number of unbranched alkanes of at least 4 members (excludes halogenated alkanes) is 1. The van der Waals surface area contributed by atoms with Crippen LogP contribution >= 0.6 is 0 Å². The number of hydrogen-bond donors (Lipinski definition) is 1. The lowest BCUT2D eigenvalue weighted by atomic mass is 9.93. The highest BCUT2D eigenvalue weighted by Crippen LogP contribution is 2.38. The average molecular weight is 310 g/mol. The lowest BCUT2D eigenvalue weighted by Gasteiger charge is -2.32. The smallest absolute Gasteiger partial charge is 0.246 e. The number of aromatic nitrogens is 2. The molecule has 120 valence electrons. The largest absolute Gasteiger partial charge is 0.463 e. The maximum atomic E-state index is 6.00. The monoisotopic (exact) mass is 310 g/mol. The molecule has 0 fully saturated rings. The number of fused-ring (bicyclic) bond motifs is 1. The Labute approximate surface area is 136 Å². The molecule has 0 bridgehead atoms. The Morgan fingerprint density at radius 1 is 1.13 bits per heavy atom. The van der Waals surface area contributed by atoms with Crippen molar-refractivity contribution in [1.29, 1.82) is 0 Å². The van der Waals surface area contributed by atoms with Crippen LogP contribution in [0.5, 0.6) is 5.88 Å². The molecule has 2 aromatic rings. The van der Waals surface area contributed by atoms with Gasteiger partial charge in [0.2, 0.25) is 5.88 Å². The van der Waals surface area contributed by atoms with Crippen LogP contribution in [0, 0.1) is 0 Å². The van der Waals surface area contributed by atoms with Crippen molar-refractivity contribution in [3.05, 3.63) is 41.7 Å². The van der Waals surface area contributed by atoms with Gasteiger partial charge >= 0.3 is 0 Å². The third-order valence-corrected chi connectivity index (χ3v) is 4.01. The second kappa shape index (κ2) is 5.99. The van der Waals surface area contributed by atoms with Gasteiger partial charge in [0.1, 0.15) is 11.9 Å². The Kier molecular flexibility index (Phi) is 4.03. The first-order valence-corrected chi connectivity index (χ1v) is 7.99. The van der Waals surface area contributed by atoms with E-state index < -0.39 is 5.60 Å². The molecule has 0 radical (unpaired) electrons. The van der Waals surface area contributed by atoms with E-state index >= 15 is 0 Å². The highest BCUT2D eigenvalue weighted by Gasteiger charge is 2.35. The highest BCUT2D eigenvalue weighted by atomic mass is 16.5. The summed E-state index contributed by atoms with van der Waals surface area (Å²) in [5.41, 5.74) is 9.07. The number of anilines is 1. The predicted molar refractivity (Wildman–Crippen MR) is 92.4 cm³/mol. The van der Waals surface area contributed by atoms with E-state index in [0.717, 1.165) is 17.7 Å². The number of rotatable bonds is 4. The van der Waals surface area contributed by atoms with E-state index in [2.05, 4.69) is 41.2 Å². The van der Waals surface area contributed by atoms with Crippen molar-refractivity contribution in [3.8, 4) is 5.88 Å². The van der Waals surface area contributed by atoms with E-state index in [1.54, 1.807) is 0 Å². The molecule has 1 aliphatic heterocycles. The van der Waals surface area contributed by atoms with Gasteiger partial charge in [0.15, 0.2) is 11.5 Å². The molecule has 5 nitrogen and oxygen atoms in total. The summed E-state index contributed by atoms with van der Waals surface area (Å²) < 4.78 is 6.00. The van der Waals surface area contributed by atoms with Gasteiger partial charge in [0, 0.05) is 5.56 Å². The van der Waals surface area contributed by atoms with Gasteiger partial charge in [-0.2, -0.15) is 4.98 Å². The third kappa shape index (κ3) is 3.04. The van der Waals surface area contributed by atoms with E-state index in [4.69, 9.17) is 15.5 Å². The van der Waals surface area contributed by atoms with Crippen LogP contribution in [0.3, 0.4) is 0 Å². The molecule has 0 atom stereocenters. The van der Waals surface area contributed by atoms with Crippen molar-refractivity contribution < 1.29 is 4.74 Å². The average Bonchev–Trinajstić information content (AvgIpc) is 2.52. The van der Waals surface area contributed by atoms with Crippen molar-refractivity contribution in [2.75, 3.05) is 5.73 Å². The summed E-state index contributed by atoms with van der Waals surface area (Å²) in [6.07, 6.45) is 4.90. The van der Waals surface area contributed by atoms with E-state index in [9.17, 15) is 0 Å². The molecule has 1 aliphatic rings. The van der Waals surface area contributed by atoms with Gasteiger partial charge in [-0.1, -0.05) is 37.6 Å². The molecule has 0 saturated carbocycles. The third-order valence-electron chi connectivity index (χ3n) is 4.01. The van der Waals surface area contributed by atoms with Gasteiger partial charge in [0.05, 0.1) is 5.71 Å². The zero-order valence-electron chi connectivity index (χ0n) is 13.8. The molecule has 0 unspecified atom stereocenters. The van der Waals surface area contributed by atoms with Crippen molar-refractivity contribution >= 4 is 17.2 Å². The number of nitrogen functional groups attached to an aromatic ring is 1. The molecule has 0 saturated heterocycles. The maximum absolute atomic E-state index is 6.00. The fourth-order valence-corrected chi connectivity index (χ4v) is 2.71. The predicted octanol–water partition coefficient (Wildman–Crippen LogP) is 3.69.